The van der Waals surface area contributed by atoms with Crippen LogP contribution >= 0.6 is 11.3 Å². The zero-order valence-electron chi connectivity index (χ0n) is 10.9. The quantitative estimate of drug-likeness (QED) is 0.752. The van der Waals surface area contributed by atoms with E-state index in [0.717, 1.165) is 35.0 Å². The SMILES string of the molecule is O=C1OCC[C@H]1n1cnc2sc3c(c2c1=O)CCCC3. The van der Waals surface area contributed by atoms with Crippen LogP contribution in [0.15, 0.2) is 11.1 Å². The first-order chi connectivity index (χ1) is 9.75. The Morgan fingerprint density at radius 2 is 2.15 bits per heavy atom. The first-order valence-electron chi connectivity index (χ1n) is 6.94. The number of cyclic esters (lactones) is 1. The van der Waals surface area contributed by atoms with Gasteiger partial charge in [0, 0.05) is 11.3 Å². The van der Waals surface area contributed by atoms with Gasteiger partial charge in [0.25, 0.3) is 5.56 Å². The molecule has 0 bridgehead atoms. The van der Waals surface area contributed by atoms with E-state index in [1.54, 1.807) is 11.3 Å². The minimum Gasteiger partial charge on any atom is -0.464 e. The number of aryl methyl sites for hydroxylation is 2. The Morgan fingerprint density at radius 1 is 1.30 bits per heavy atom. The van der Waals surface area contributed by atoms with Crippen molar-refractivity contribution in [2.24, 2.45) is 0 Å². The molecular formula is C14H14N2O3S. The van der Waals surface area contributed by atoms with Gasteiger partial charge >= 0.3 is 5.97 Å². The highest BCUT2D eigenvalue weighted by atomic mass is 32.1. The zero-order valence-corrected chi connectivity index (χ0v) is 11.7. The van der Waals surface area contributed by atoms with E-state index >= 15 is 0 Å². The molecule has 6 heteroatoms. The van der Waals surface area contributed by atoms with Crippen molar-refractivity contribution >= 4 is 27.5 Å². The standard InChI is InChI=1S/C14H14N2O3S/c17-13-11-8-3-1-2-4-10(8)20-12(11)15-7-16(13)9-5-6-19-14(9)18/h7,9H,1-6H2/t9-/m1/s1. The molecule has 0 unspecified atom stereocenters. The van der Waals surface area contributed by atoms with E-state index < -0.39 is 6.04 Å². The molecular weight excluding hydrogens is 276 g/mol. The van der Waals surface area contributed by atoms with Crippen molar-refractivity contribution in [3.05, 3.63) is 27.1 Å². The van der Waals surface area contributed by atoms with Crippen molar-refractivity contribution in [1.29, 1.82) is 0 Å². The smallest absolute Gasteiger partial charge is 0.329 e. The lowest BCUT2D eigenvalue weighted by atomic mass is 9.97. The van der Waals surface area contributed by atoms with Crippen molar-refractivity contribution in [1.82, 2.24) is 9.55 Å². The molecule has 3 heterocycles. The van der Waals surface area contributed by atoms with Gasteiger partial charge in [0.1, 0.15) is 10.9 Å². The highest BCUT2D eigenvalue weighted by Crippen LogP contribution is 2.33. The largest absolute Gasteiger partial charge is 0.464 e. The minimum absolute atomic E-state index is 0.0850. The average Bonchev–Trinajstić information content (AvgIpc) is 3.03. The van der Waals surface area contributed by atoms with Crippen LogP contribution in [0.2, 0.25) is 0 Å². The zero-order chi connectivity index (χ0) is 13.7. The number of nitrogens with zero attached hydrogens (tertiary/aromatic N) is 2. The summed E-state index contributed by atoms with van der Waals surface area (Å²) in [5.74, 6) is -0.322. The summed E-state index contributed by atoms with van der Waals surface area (Å²) < 4.78 is 6.41. The fourth-order valence-electron chi connectivity index (χ4n) is 3.12. The van der Waals surface area contributed by atoms with Crippen LogP contribution < -0.4 is 5.56 Å². The van der Waals surface area contributed by atoms with E-state index in [2.05, 4.69) is 4.98 Å². The van der Waals surface area contributed by atoms with E-state index in [1.807, 2.05) is 0 Å². The lowest BCUT2D eigenvalue weighted by Crippen LogP contribution is -2.28. The Kier molecular flexibility index (Phi) is 2.66. The first-order valence-corrected chi connectivity index (χ1v) is 7.75. The molecule has 1 aliphatic carbocycles. The monoisotopic (exact) mass is 290 g/mol. The van der Waals surface area contributed by atoms with Crippen LogP contribution in [0.3, 0.4) is 0 Å². The van der Waals surface area contributed by atoms with Crippen LogP contribution in [0, 0.1) is 0 Å². The number of carbonyl (C=O) groups excluding carboxylic acids is 1. The predicted molar refractivity (Wildman–Crippen MR) is 75.1 cm³/mol. The van der Waals surface area contributed by atoms with Gasteiger partial charge in [-0.15, -0.1) is 11.3 Å². The van der Waals surface area contributed by atoms with Crippen LogP contribution in [0.5, 0.6) is 0 Å². The summed E-state index contributed by atoms with van der Waals surface area (Å²) >= 11 is 1.63. The third-order valence-electron chi connectivity index (χ3n) is 4.14. The summed E-state index contributed by atoms with van der Waals surface area (Å²) in [4.78, 5) is 30.9. The number of aromatic nitrogens is 2. The van der Waals surface area contributed by atoms with E-state index in [-0.39, 0.29) is 11.5 Å². The van der Waals surface area contributed by atoms with Crippen molar-refractivity contribution in [3.8, 4) is 0 Å². The maximum Gasteiger partial charge on any atom is 0.329 e. The fraction of sp³-hybridized carbons (Fsp3) is 0.500. The number of carbonyl (C=O) groups is 1. The highest BCUT2D eigenvalue weighted by molar-refractivity contribution is 7.18. The van der Waals surface area contributed by atoms with E-state index in [1.165, 1.54) is 22.2 Å². The molecule has 2 aromatic heterocycles. The molecule has 5 nitrogen and oxygen atoms in total. The highest BCUT2D eigenvalue weighted by Gasteiger charge is 2.30. The molecule has 1 aliphatic heterocycles. The van der Waals surface area contributed by atoms with Gasteiger partial charge in [0.2, 0.25) is 0 Å². The van der Waals surface area contributed by atoms with Crippen LogP contribution in [0.1, 0.15) is 35.7 Å². The van der Waals surface area contributed by atoms with Gasteiger partial charge in [-0.25, -0.2) is 9.78 Å². The second-order valence-corrected chi connectivity index (χ2v) is 6.40. The minimum atomic E-state index is -0.501. The van der Waals surface area contributed by atoms with Crippen molar-refractivity contribution in [3.63, 3.8) is 0 Å². The first kappa shape index (κ1) is 12.1. The number of ether oxygens (including phenoxy) is 1. The summed E-state index contributed by atoms with van der Waals surface area (Å²) in [7, 11) is 0. The number of hydrogen-bond acceptors (Lipinski definition) is 5. The fourth-order valence-corrected chi connectivity index (χ4v) is 4.34. The molecule has 1 saturated heterocycles. The number of rotatable bonds is 1. The predicted octanol–water partition coefficient (Wildman–Crippen LogP) is 1.82. The van der Waals surface area contributed by atoms with E-state index in [9.17, 15) is 9.59 Å². The molecule has 0 radical (unpaired) electrons. The Hall–Kier alpha value is -1.69. The van der Waals surface area contributed by atoms with E-state index in [4.69, 9.17) is 4.74 Å². The van der Waals surface area contributed by atoms with Gasteiger partial charge < -0.3 is 4.74 Å². The molecule has 104 valence electrons. The summed E-state index contributed by atoms with van der Waals surface area (Å²) in [5, 5.41) is 0.729. The van der Waals surface area contributed by atoms with Gasteiger partial charge in [-0.2, -0.15) is 0 Å². The van der Waals surface area contributed by atoms with Crippen molar-refractivity contribution in [2.75, 3.05) is 6.61 Å². The van der Waals surface area contributed by atoms with E-state index in [0.29, 0.717) is 13.0 Å². The van der Waals surface area contributed by atoms with Gasteiger partial charge in [0.05, 0.1) is 18.3 Å². The number of thiophene rings is 1. The second-order valence-electron chi connectivity index (χ2n) is 5.32. The summed E-state index contributed by atoms with van der Waals surface area (Å²) in [5.41, 5.74) is 1.08. The Morgan fingerprint density at radius 3 is 2.95 bits per heavy atom. The van der Waals surface area contributed by atoms with Crippen LogP contribution in [0.25, 0.3) is 10.2 Å². The third kappa shape index (κ3) is 1.64. The maximum atomic E-state index is 12.7. The number of esters is 1. The average molecular weight is 290 g/mol. The third-order valence-corrected chi connectivity index (χ3v) is 5.34. The summed E-state index contributed by atoms with van der Waals surface area (Å²) in [6.45, 7) is 0.385. The van der Waals surface area contributed by atoms with Gasteiger partial charge in [0.15, 0.2) is 0 Å². The van der Waals surface area contributed by atoms with Crippen LogP contribution in [-0.4, -0.2) is 22.1 Å². The summed E-state index contributed by atoms with van der Waals surface area (Å²) in [6, 6.07) is -0.501. The van der Waals surface area contributed by atoms with Crippen LogP contribution in [0.4, 0.5) is 0 Å². The maximum absolute atomic E-state index is 12.7. The topological polar surface area (TPSA) is 61.2 Å². The molecule has 0 amide bonds. The molecule has 0 N–H and O–H groups in total. The molecule has 0 aromatic carbocycles. The van der Waals surface area contributed by atoms with Crippen molar-refractivity contribution < 1.29 is 9.53 Å². The molecule has 1 atom stereocenters. The van der Waals surface area contributed by atoms with Gasteiger partial charge in [-0.05, 0) is 31.2 Å². The number of hydrogen-bond donors (Lipinski definition) is 0. The Balaban J connectivity index is 1.94. The normalized spacial score (nSPS) is 22.0. The Labute approximate surface area is 119 Å². The van der Waals surface area contributed by atoms with Crippen molar-refractivity contribution in [2.45, 2.75) is 38.1 Å². The number of fused-ring (bicyclic) bond motifs is 3. The second kappa shape index (κ2) is 4.41. The molecule has 2 aromatic rings. The molecule has 4 rings (SSSR count). The van der Waals surface area contributed by atoms with Gasteiger partial charge in [-0.1, -0.05) is 0 Å². The molecule has 0 saturated carbocycles. The van der Waals surface area contributed by atoms with Gasteiger partial charge in [-0.3, -0.25) is 9.36 Å². The molecule has 1 fully saturated rings. The molecule has 20 heavy (non-hydrogen) atoms. The summed E-state index contributed by atoms with van der Waals surface area (Å²) in [6.07, 6.45) is 6.36. The lowest BCUT2D eigenvalue weighted by molar-refractivity contribution is -0.140. The van der Waals surface area contributed by atoms with Crippen LogP contribution in [-0.2, 0) is 22.4 Å². The molecule has 0 spiro atoms. The lowest BCUT2D eigenvalue weighted by Gasteiger charge is -2.11. The Bertz CT molecular complexity index is 762. The molecule has 2 aliphatic rings.